The number of amides is 3. The number of urea groups is 1. The first-order valence-electron chi connectivity index (χ1n) is 10.1. The number of rotatable bonds is 9. The average molecular weight is 528 g/mol. The fourth-order valence-electron chi connectivity index (χ4n) is 2.82. The third kappa shape index (κ3) is 7.81. The molecule has 0 radical (unpaired) electrons. The van der Waals surface area contributed by atoms with Gasteiger partial charge in [0.2, 0.25) is 0 Å². The van der Waals surface area contributed by atoms with Crippen LogP contribution in [0.3, 0.4) is 0 Å². The molecule has 3 aromatic rings. The van der Waals surface area contributed by atoms with Gasteiger partial charge >= 0.3 is 24.8 Å². The van der Waals surface area contributed by atoms with Crippen LogP contribution in [0.25, 0.3) is 0 Å². The number of carbonyl (C=O) groups is 3. The molecule has 0 bridgehead atoms. The van der Waals surface area contributed by atoms with Gasteiger partial charge in [-0.3, -0.25) is 4.79 Å². The van der Waals surface area contributed by atoms with Gasteiger partial charge in [0.1, 0.15) is 5.75 Å². The van der Waals surface area contributed by atoms with Gasteiger partial charge in [-0.15, -0.1) is 5.10 Å². The minimum Gasteiger partial charge on any atom is -0.435 e. The Morgan fingerprint density at radius 3 is 2.32 bits per heavy atom. The Kier molecular flexibility index (Phi) is 8.11. The Labute approximate surface area is 204 Å². The number of halogens is 5. The molecule has 0 saturated carbocycles. The molecule has 0 aliphatic carbocycles. The van der Waals surface area contributed by atoms with Gasteiger partial charge in [0, 0.05) is 17.9 Å². The number of ether oxygens (including phenoxy) is 1. The zero-order chi connectivity index (χ0) is 27.2. The quantitative estimate of drug-likeness (QED) is 0.311. The molecule has 0 aliphatic rings. The van der Waals surface area contributed by atoms with Crippen molar-refractivity contribution in [3.05, 3.63) is 66.0 Å². The van der Waals surface area contributed by atoms with E-state index in [-0.39, 0.29) is 22.8 Å². The number of anilines is 3. The molecule has 11 nitrogen and oxygen atoms in total. The van der Waals surface area contributed by atoms with Crippen LogP contribution in [0.15, 0.2) is 54.7 Å². The highest BCUT2D eigenvalue weighted by Gasteiger charge is 2.42. The summed E-state index contributed by atoms with van der Waals surface area (Å²) in [6.45, 7) is -2.98. The molecule has 16 heteroatoms. The standard InChI is InChI=1S/C21H17F5N6O5/c22-19(23)36-14-6-4-12(5-7-14)29-20(35)30-13-3-1-2-11(8-13)9-28-15-10-32(31-16(15)17(27)33)37-18(34)21(24,25)26/h1-8,10,19,28H,9H2,(H2,27,33)(H2,29,30,35). The first-order valence-corrected chi connectivity index (χ1v) is 10.1. The van der Waals surface area contributed by atoms with Crippen molar-refractivity contribution in [2.75, 3.05) is 16.0 Å². The van der Waals surface area contributed by atoms with Crippen molar-refractivity contribution in [1.29, 1.82) is 0 Å². The molecule has 1 heterocycles. The Hall–Kier alpha value is -4.89. The van der Waals surface area contributed by atoms with Gasteiger partial charge < -0.3 is 31.3 Å². The normalized spacial score (nSPS) is 11.1. The number of aromatic nitrogens is 2. The van der Waals surface area contributed by atoms with Gasteiger partial charge in [0.05, 0.1) is 11.9 Å². The fraction of sp³-hybridized carbons (Fsp3) is 0.143. The van der Waals surface area contributed by atoms with Crippen molar-refractivity contribution in [3.8, 4) is 5.75 Å². The van der Waals surface area contributed by atoms with Crippen LogP contribution in [0.5, 0.6) is 5.75 Å². The summed E-state index contributed by atoms with van der Waals surface area (Å²) < 4.78 is 65.8. The van der Waals surface area contributed by atoms with E-state index in [1.54, 1.807) is 24.3 Å². The summed E-state index contributed by atoms with van der Waals surface area (Å²) >= 11 is 0. The van der Waals surface area contributed by atoms with Crippen LogP contribution in [0.4, 0.5) is 43.8 Å². The molecular weight excluding hydrogens is 511 g/mol. The van der Waals surface area contributed by atoms with E-state index in [1.807, 2.05) is 0 Å². The minimum atomic E-state index is -5.28. The highest BCUT2D eigenvalue weighted by molar-refractivity contribution is 5.99. The Morgan fingerprint density at radius 1 is 1.03 bits per heavy atom. The van der Waals surface area contributed by atoms with Crippen LogP contribution in [0, 0.1) is 0 Å². The highest BCUT2D eigenvalue weighted by atomic mass is 19.4. The molecule has 196 valence electrons. The largest absolute Gasteiger partial charge is 0.493 e. The molecule has 0 saturated heterocycles. The van der Waals surface area contributed by atoms with Gasteiger partial charge in [-0.1, -0.05) is 17.0 Å². The zero-order valence-corrected chi connectivity index (χ0v) is 18.4. The number of alkyl halides is 5. The van der Waals surface area contributed by atoms with Gasteiger partial charge in [0.25, 0.3) is 5.91 Å². The molecule has 37 heavy (non-hydrogen) atoms. The van der Waals surface area contributed by atoms with Crippen molar-refractivity contribution in [3.63, 3.8) is 0 Å². The maximum atomic E-state index is 12.4. The van der Waals surface area contributed by atoms with E-state index in [0.29, 0.717) is 16.9 Å². The second-order valence-corrected chi connectivity index (χ2v) is 7.07. The lowest BCUT2D eigenvalue weighted by atomic mass is 10.2. The van der Waals surface area contributed by atoms with E-state index in [0.717, 1.165) is 6.20 Å². The van der Waals surface area contributed by atoms with E-state index in [2.05, 4.69) is 30.6 Å². The monoisotopic (exact) mass is 528 g/mol. The minimum absolute atomic E-state index is 0.00191. The van der Waals surface area contributed by atoms with Crippen LogP contribution in [0.2, 0.25) is 0 Å². The second-order valence-electron chi connectivity index (χ2n) is 7.07. The topological polar surface area (TPSA) is 150 Å². The summed E-state index contributed by atoms with van der Waals surface area (Å²) in [5.41, 5.74) is 5.79. The van der Waals surface area contributed by atoms with Crippen LogP contribution < -0.4 is 31.3 Å². The van der Waals surface area contributed by atoms with E-state index in [9.17, 15) is 36.3 Å². The Morgan fingerprint density at radius 2 is 1.70 bits per heavy atom. The van der Waals surface area contributed by atoms with Crippen LogP contribution >= 0.6 is 0 Å². The lowest BCUT2D eigenvalue weighted by molar-refractivity contribution is -0.201. The molecule has 2 aromatic carbocycles. The molecule has 0 atom stereocenters. The van der Waals surface area contributed by atoms with Crippen molar-refractivity contribution in [2.24, 2.45) is 5.73 Å². The molecule has 0 fully saturated rings. The number of nitrogens with zero attached hydrogens (tertiary/aromatic N) is 2. The summed E-state index contributed by atoms with van der Waals surface area (Å²) in [6.07, 6.45) is -4.45. The fourth-order valence-corrected chi connectivity index (χ4v) is 2.82. The molecular formula is C21H17F5N6O5. The van der Waals surface area contributed by atoms with E-state index in [1.165, 1.54) is 24.3 Å². The maximum Gasteiger partial charge on any atom is 0.493 e. The molecule has 0 spiro atoms. The van der Waals surface area contributed by atoms with Crippen LogP contribution in [-0.4, -0.2) is 40.6 Å². The first kappa shape index (κ1) is 26.7. The molecule has 0 unspecified atom stereocenters. The summed E-state index contributed by atoms with van der Waals surface area (Å²) in [4.78, 5) is 39.0. The van der Waals surface area contributed by atoms with Crippen molar-refractivity contribution < 1.29 is 45.9 Å². The average Bonchev–Trinajstić information content (AvgIpc) is 3.21. The molecule has 3 amide bonds. The number of primary amides is 1. The number of nitrogens with two attached hydrogens (primary N) is 1. The number of benzene rings is 2. The first-order chi connectivity index (χ1) is 17.4. The van der Waals surface area contributed by atoms with E-state index in [4.69, 9.17) is 5.73 Å². The molecule has 0 aliphatic heterocycles. The molecule has 3 rings (SSSR count). The van der Waals surface area contributed by atoms with Crippen molar-refractivity contribution in [1.82, 2.24) is 9.94 Å². The summed E-state index contributed by atoms with van der Waals surface area (Å²) in [7, 11) is 0. The van der Waals surface area contributed by atoms with Crippen LogP contribution in [-0.2, 0) is 11.3 Å². The third-order valence-corrected chi connectivity index (χ3v) is 4.34. The molecule has 1 aromatic heterocycles. The SMILES string of the molecule is NC(=O)c1nn(OC(=O)C(F)(F)F)cc1NCc1cccc(NC(=O)Nc2ccc(OC(F)F)cc2)c1. The lowest BCUT2D eigenvalue weighted by Gasteiger charge is -2.11. The maximum absolute atomic E-state index is 12.4. The number of hydrogen-bond donors (Lipinski definition) is 4. The summed E-state index contributed by atoms with van der Waals surface area (Å²) in [6, 6.07) is 10.9. The van der Waals surface area contributed by atoms with E-state index >= 15 is 0 Å². The predicted molar refractivity (Wildman–Crippen MR) is 118 cm³/mol. The van der Waals surface area contributed by atoms with Crippen LogP contribution in [0.1, 0.15) is 16.1 Å². The summed E-state index contributed by atoms with van der Waals surface area (Å²) in [5, 5.41) is 11.2. The number of nitrogens with one attached hydrogen (secondary N) is 3. The van der Waals surface area contributed by atoms with E-state index < -0.39 is 36.4 Å². The number of hydrogen-bond acceptors (Lipinski definition) is 7. The lowest BCUT2D eigenvalue weighted by Crippen LogP contribution is -2.33. The second kappa shape index (κ2) is 11.2. The molecule has 5 N–H and O–H groups in total. The highest BCUT2D eigenvalue weighted by Crippen LogP contribution is 2.20. The van der Waals surface area contributed by atoms with Crippen molar-refractivity contribution in [2.45, 2.75) is 19.3 Å². The van der Waals surface area contributed by atoms with Gasteiger partial charge in [-0.05, 0) is 42.0 Å². The Balaban J connectivity index is 1.61. The smallest absolute Gasteiger partial charge is 0.435 e. The van der Waals surface area contributed by atoms with Gasteiger partial charge in [-0.25, -0.2) is 9.59 Å². The summed E-state index contributed by atoms with van der Waals surface area (Å²) in [5.74, 6) is -3.72. The van der Waals surface area contributed by atoms with Gasteiger partial charge in [-0.2, -0.15) is 22.0 Å². The van der Waals surface area contributed by atoms with Gasteiger partial charge in [0.15, 0.2) is 5.69 Å². The Bertz CT molecular complexity index is 1280. The zero-order valence-electron chi connectivity index (χ0n) is 18.4. The third-order valence-electron chi connectivity index (χ3n) is 4.34. The van der Waals surface area contributed by atoms with Crippen molar-refractivity contribution >= 4 is 35.0 Å². The predicted octanol–water partition coefficient (Wildman–Crippen LogP) is 3.36. The number of carbonyl (C=O) groups excluding carboxylic acids is 3.